The molecular weight excluding hydrogens is 466 g/mol. The smallest absolute Gasteiger partial charge is 0.251 e. The van der Waals surface area contributed by atoms with E-state index in [0.29, 0.717) is 11.6 Å². The molecule has 7 heteroatoms. The van der Waals surface area contributed by atoms with Crippen LogP contribution >= 0.6 is 0 Å². The molecule has 2 saturated carbocycles. The maximum Gasteiger partial charge on any atom is 0.251 e. The molecule has 2 aromatic rings. The predicted octanol–water partition coefficient (Wildman–Crippen LogP) is 4.04. The van der Waals surface area contributed by atoms with Crippen molar-refractivity contribution in [1.29, 1.82) is 0 Å². The zero-order valence-electron chi connectivity index (χ0n) is 21.7. The second-order valence-electron chi connectivity index (χ2n) is 11.1. The Morgan fingerprint density at radius 1 is 1.11 bits per heavy atom. The van der Waals surface area contributed by atoms with E-state index in [1.807, 2.05) is 18.2 Å². The van der Waals surface area contributed by atoms with Crippen LogP contribution in [-0.4, -0.2) is 68.3 Å². The molecule has 1 saturated heterocycles. The Balaban J connectivity index is 1.13. The number of morpholine rings is 1. The molecule has 4 aliphatic rings. The number of nitrogens with one attached hydrogen (secondary N) is 2. The summed E-state index contributed by atoms with van der Waals surface area (Å²) in [7, 11) is 0. The minimum absolute atomic E-state index is 0.0129. The Morgan fingerprint density at radius 2 is 1.89 bits per heavy atom. The molecule has 0 unspecified atom stereocenters. The highest BCUT2D eigenvalue weighted by atomic mass is 16.5. The number of anilines is 1. The van der Waals surface area contributed by atoms with Gasteiger partial charge in [-0.2, -0.15) is 0 Å². The highest BCUT2D eigenvalue weighted by Gasteiger charge is 2.48. The summed E-state index contributed by atoms with van der Waals surface area (Å²) in [6.45, 7) is 7.32. The molecule has 2 N–H and O–H groups in total. The van der Waals surface area contributed by atoms with Crippen molar-refractivity contribution in [3.05, 3.63) is 53.1 Å². The molecule has 2 aliphatic heterocycles. The summed E-state index contributed by atoms with van der Waals surface area (Å²) in [6, 6.07) is 12.5. The van der Waals surface area contributed by atoms with E-state index in [4.69, 9.17) is 9.47 Å². The summed E-state index contributed by atoms with van der Waals surface area (Å²) in [5.74, 6) is 0.0989. The van der Waals surface area contributed by atoms with E-state index in [1.54, 1.807) is 0 Å². The number of hydrogen-bond donors (Lipinski definition) is 2. The lowest BCUT2D eigenvalue weighted by atomic mass is 9.69. The quantitative estimate of drug-likeness (QED) is 0.596. The third kappa shape index (κ3) is 5.05. The lowest BCUT2D eigenvalue weighted by Crippen LogP contribution is -2.41. The average Bonchev–Trinajstić information content (AvgIpc) is 3.69. The molecule has 196 valence electrons. The SMILES string of the molecule is Cc1ccc(C(=O)NC2CC2)cc1-c1ccc2c(c1)NC(=O)C21CCC(OCCN2CCOCC2)CC1. The van der Waals surface area contributed by atoms with Crippen LogP contribution < -0.4 is 10.6 Å². The number of aryl methyl sites for hydroxylation is 1. The zero-order chi connectivity index (χ0) is 25.4. The van der Waals surface area contributed by atoms with Crippen molar-refractivity contribution in [3.8, 4) is 11.1 Å². The number of amides is 2. The van der Waals surface area contributed by atoms with Crippen LogP contribution in [0.1, 0.15) is 60.0 Å². The van der Waals surface area contributed by atoms with E-state index in [1.165, 1.54) is 0 Å². The van der Waals surface area contributed by atoms with Crippen LogP contribution in [0.15, 0.2) is 36.4 Å². The lowest BCUT2D eigenvalue weighted by molar-refractivity contribution is -0.123. The molecule has 1 spiro atoms. The van der Waals surface area contributed by atoms with Gasteiger partial charge in [0.25, 0.3) is 5.91 Å². The minimum Gasteiger partial charge on any atom is -0.379 e. The van der Waals surface area contributed by atoms with Crippen molar-refractivity contribution in [2.24, 2.45) is 0 Å². The number of nitrogens with zero attached hydrogens (tertiary/aromatic N) is 1. The minimum atomic E-state index is -0.459. The van der Waals surface area contributed by atoms with Crippen LogP contribution in [0.4, 0.5) is 5.69 Å². The van der Waals surface area contributed by atoms with Gasteiger partial charge < -0.3 is 20.1 Å². The first kappa shape index (κ1) is 24.6. The van der Waals surface area contributed by atoms with Gasteiger partial charge >= 0.3 is 0 Å². The van der Waals surface area contributed by atoms with Crippen molar-refractivity contribution < 1.29 is 19.1 Å². The van der Waals surface area contributed by atoms with Gasteiger partial charge in [0.15, 0.2) is 0 Å². The average molecular weight is 504 g/mol. The summed E-state index contributed by atoms with van der Waals surface area (Å²) in [4.78, 5) is 28.3. The normalized spacial score (nSPS) is 25.6. The number of fused-ring (bicyclic) bond motifs is 2. The lowest BCUT2D eigenvalue weighted by Gasteiger charge is -2.36. The van der Waals surface area contributed by atoms with Gasteiger partial charge in [-0.1, -0.05) is 18.2 Å². The molecule has 2 aliphatic carbocycles. The van der Waals surface area contributed by atoms with Gasteiger partial charge in [0.05, 0.1) is 31.3 Å². The van der Waals surface area contributed by atoms with E-state index in [2.05, 4.69) is 40.7 Å². The van der Waals surface area contributed by atoms with Crippen molar-refractivity contribution in [2.75, 3.05) is 44.8 Å². The van der Waals surface area contributed by atoms with E-state index >= 15 is 0 Å². The van der Waals surface area contributed by atoms with Gasteiger partial charge in [-0.05, 0) is 85.9 Å². The van der Waals surface area contributed by atoms with Crippen LogP contribution in [0, 0.1) is 6.92 Å². The van der Waals surface area contributed by atoms with Crippen LogP contribution in [-0.2, 0) is 19.7 Å². The van der Waals surface area contributed by atoms with E-state index in [-0.39, 0.29) is 17.9 Å². The van der Waals surface area contributed by atoms with Crippen molar-refractivity contribution in [3.63, 3.8) is 0 Å². The fourth-order valence-corrected chi connectivity index (χ4v) is 6.09. The highest BCUT2D eigenvalue weighted by Crippen LogP contribution is 2.49. The third-order valence-corrected chi connectivity index (χ3v) is 8.59. The van der Waals surface area contributed by atoms with E-state index < -0.39 is 5.41 Å². The number of carbonyl (C=O) groups is 2. The van der Waals surface area contributed by atoms with Crippen LogP contribution in [0.2, 0.25) is 0 Å². The summed E-state index contributed by atoms with van der Waals surface area (Å²) >= 11 is 0. The monoisotopic (exact) mass is 503 g/mol. The summed E-state index contributed by atoms with van der Waals surface area (Å²) < 4.78 is 11.6. The van der Waals surface area contributed by atoms with Crippen LogP contribution in [0.5, 0.6) is 0 Å². The second-order valence-corrected chi connectivity index (χ2v) is 11.1. The van der Waals surface area contributed by atoms with E-state index in [0.717, 1.165) is 106 Å². The molecule has 2 heterocycles. The fraction of sp³-hybridized carbons (Fsp3) is 0.533. The summed E-state index contributed by atoms with van der Waals surface area (Å²) in [6.07, 6.45) is 5.77. The summed E-state index contributed by atoms with van der Waals surface area (Å²) in [5.41, 5.74) is 5.39. The Labute approximate surface area is 218 Å². The topological polar surface area (TPSA) is 79.9 Å². The molecular formula is C30H37N3O4. The van der Waals surface area contributed by atoms with Gasteiger partial charge in [0, 0.05) is 36.9 Å². The molecule has 3 fully saturated rings. The number of carbonyl (C=O) groups excluding carboxylic acids is 2. The molecule has 7 nitrogen and oxygen atoms in total. The maximum atomic E-state index is 13.3. The molecule has 37 heavy (non-hydrogen) atoms. The number of hydrogen-bond acceptors (Lipinski definition) is 5. The zero-order valence-corrected chi connectivity index (χ0v) is 21.7. The number of rotatable bonds is 7. The molecule has 0 radical (unpaired) electrons. The number of ether oxygens (including phenoxy) is 2. The first-order chi connectivity index (χ1) is 18.0. The van der Waals surface area contributed by atoms with Gasteiger partial charge in [-0.15, -0.1) is 0 Å². The van der Waals surface area contributed by atoms with Gasteiger partial charge in [-0.3, -0.25) is 14.5 Å². The Bertz CT molecular complexity index is 1180. The molecule has 6 rings (SSSR count). The molecule has 0 aromatic heterocycles. The fourth-order valence-electron chi connectivity index (χ4n) is 6.09. The second kappa shape index (κ2) is 10.2. The van der Waals surface area contributed by atoms with Gasteiger partial charge in [-0.25, -0.2) is 0 Å². The summed E-state index contributed by atoms with van der Waals surface area (Å²) in [5, 5.41) is 6.26. The van der Waals surface area contributed by atoms with Crippen molar-refractivity contribution in [1.82, 2.24) is 10.2 Å². The molecule has 0 bridgehead atoms. The third-order valence-electron chi connectivity index (χ3n) is 8.59. The van der Waals surface area contributed by atoms with Gasteiger partial charge in [0.2, 0.25) is 5.91 Å². The first-order valence-corrected chi connectivity index (χ1v) is 13.8. The Morgan fingerprint density at radius 3 is 2.65 bits per heavy atom. The Hall–Kier alpha value is -2.74. The van der Waals surface area contributed by atoms with Gasteiger partial charge in [0.1, 0.15) is 0 Å². The molecule has 2 aromatic carbocycles. The largest absolute Gasteiger partial charge is 0.379 e. The molecule has 2 amide bonds. The Kier molecular flexibility index (Phi) is 6.78. The van der Waals surface area contributed by atoms with Crippen LogP contribution in [0.25, 0.3) is 11.1 Å². The predicted molar refractivity (Wildman–Crippen MR) is 143 cm³/mol. The van der Waals surface area contributed by atoms with Crippen molar-refractivity contribution in [2.45, 2.75) is 63.0 Å². The highest BCUT2D eigenvalue weighted by molar-refractivity contribution is 6.07. The van der Waals surface area contributed by atoms with Crippen LogP contribution in [0.3, 0.4) is 0 Å². The van der Waals surface area contributed by atoms with E-state index in [9.17, 15) is 9.59 Å². The molecule has 0 atom stereocenters. The standard InChI is InChI=1S/C30H37N3O4/c1-20-2-3-22(28(34)31-23-5-6-23)18-25(20)21-4-7-26-27(19-21)32-29(35)30(26)10-8-24(9-11-30)37-17-14-33-12-15-36-16-13-33/h2-4,7,18-19,23-24H,5-6,8-17H2,1H3,(H,31,34)(H,32,35). The maximum absolute atomic E-state index is 13.3. The number of benzene rings is 2. The first-order valence-electron chi connectivity index (χ1n) is 13.8. The van der Waals surface area contributed by atoms with Crippen molar-refractivity contribution >= 4 is 17.5 Å².